The Labute approximate surface area is 100 Å². The highest BCUT2D eigenvalue weighted by molar-refractivity contribution is 5.30. The maximum atomic E-state index is 5.53. The molecule has 1 spiro atoms. The minimum absolute atomic E-state index is 0.355. The van der Waals surface area contributed by atoms with E-state index in [1.165, 1.54) is 25.7 Å². The summed E-state index contributed by atoms with van der Waals surface area (Å²) in [5.41, 5.74) is 0.355. The Morgan fingerprint density at radius 3 is 3.00 bits per heavy atom. The first-order chi connectivity index (χ1) is 8.35. The van der Waals surface area contributed by atoms with Gasteiger partial charge in [0.2, 0.25) is 0 Å². The molecule has 3 aliphatic rings. The average molecular weight is 235 g/mol. The molecule has 5 heteroatoms. The summed E-state index contributed by atoms with van der Waals surface area (Å²) < 4.78 is 10.9. The van der Waals surface area contributed by atoms with Crippen LogP contribution in [0.1, 0.15) is 37.4 Å². The molecular formula is C12H17N3O2. The molecule has 92 valence electrons. The van der Waals surface area contributed by atoms with Gasteiger partial charge in [0.05, 0.1) is 6.61 Å². The van der Waals surface area contributed by atoms with Crippen molar-refractivity contribution >= 4 is 6.01 Å². The summed E-state index contributed by atoms with van der Waals surface area (Å²) in [5, 5.41) is 4.08. The van der Waals surface area contributed by atoms with E-state index < -0.39 is 0 Å². The van der Waals surface area contributed by atoms with E-state index in [0.717, 1.165) is 38.1 Å². The first kappa shape index (κ1) is 9.88. The SMILES string of the molecule is C1CC2(CCN(c3nc(C4CC4)no3)C2)CO1. The summed E-state index contributed by atoms with van der Waals surface area (Å²) in [6.07, 6.45) is 4.80. The predicted octanol–water partition coefficient (Wildman–Crippen LogP) is 1.56. The van der Waals surface area contributed by atoms with Gasteiger partial charge in [0.15, 0.2) is 5.82 Å². The van der Waals surface area contributed by atoms with Gasteiger partial charge < -0.3 is 14.2 Å². The van der Waals surface area contributed by atoms with Gasteiger partial charge in [-0.05, 0) is 25.7 Å². The second-order valence-corrected chi connectivity index (χ2v) is 5.68. The normalized spacial score (nSPS) is 32.8. The van der Waals surface area contributed by atoms with Gasteiger partial charge in [-0.3, -0.25) is 0 Å². The number of rotatable bonds is 2. The van der Waals surface area contributed by atoms with Crippen molar-refractivity contribution in [3.8, 4) is 0 Å². The Morgan fingerprint density at radius 1 is 1.29 bits per heavy atom. The fourth-order valence-corrected chi connectivity index (χ4v) is 2.93. The predicted molar refractivity (Wildman–Crippen MR) is 61.0 cm³/mol. The number of anilines is 1. The Kier molecular flexibility index (Phi) is 2.00. The van der Waals surface area contributed by atoms with E-state index >= 15 is 0 Å². The summed E-state index contributed by atoms with van der Waals surface area (Å²) in [7, 11) is 0. The van der Waals surface area contributed by atoms with Crippen molar-refractivity contribution in [1.29, 1.82) is 0 Å². The van der Waals surface area contributed by atoms with Crippen LogP contribution in [0.25, 0.3) is 0 Å². The molecule has 0 aromatic carbocycles. The fraction of sp³-hybridized carbons (Fsp3) is 0.833. The van der Waals surface area contributed by atoms with Gasteiger partial charge >= 0.3 is 6.01 Å². The van der Waals surface area contributed by atoms with Crippen molar-refractivity contribution in [2.45, 2.75) is 31.6 Å². The van der Waals surface area contributed by atoms with Gasteiger partial charge in [-0.2, -0.15) is 4.98 Å². The highest BCUT2D eigenvalue weighted by Crippen LogP contribution is 2.41. The van der Waals surface area contributed by atoms with E-state index in [-0.39, 0.29) is 0 Å². The lowest BCUT2D eigenvalue weighted by Crippen LogP contribution is -2.27. The third-order valence-corrected chi connectivity index (χ3v) is 4.27. The van der Waals surface area contributed by atoms with E-state index in [1.807, 2.05) is 0 Å². The van der Waals surface area contributed by atoms with E-state index in [4.69, 9.17) is 9.26 Å². The number of hydrogen-bond donors (Lipinski definition) is 0. The molecule has 3 heterocycles. The van der Waals surface area contributed by atoms with Crippen LogP contribution < -0.4 is 4.90 Å². The summed E-state index contributed by atoms with van der Waals surface area (Å²) >= 11 is 0. The fourth-order valence-electron chi connectivity index (χ4n) is 2.93. The van der Waals surface area contributed by atoms with Gasteiger partial charge in [0.25, 0.3) is 0 Å². The Hall–Kier alpha value is -1.10. The number of nitrogens with zero attached hydrogens (tertiary/aromatic N) is 3. The molecule has 3 fully saturated rings. The molecule has 1 saturated carbocycles. The molecule has 1 aliphatic carbocycles. The third kappa shape index (κ3) is 1.64. The van der Waals surface area contributed by atoms with Crippen molar-refractivity contribution in [3.63, 3.8) is 0 Å². The van der Waals surface area contributed by atoms with Crippen molar-refractivity contribution < 1.29 is 9.26 Å². The van der Waals surface area contributed by atoms with Gasteiger partial charge in [-0.25, -0.2) is 0 Å². The minimum Gasteiger partial charge on any atom is -0.381 e. The van der Waals surface area contributed by atoms with Crippen molar-refractivity contribution in [2.24, 2.45) is 5.41 Å². The first-order valence-electron chi connectivity index (χ1n) is 6.51. The summed E-state index contributed by atoms with van der Waals surface area (Å²) in [6, 6.07) is 0.718. The van der Waals surface area contributed by atoms with E-state index in [1.54, 1.807) is 0 Å². The van der Waals surface area contributed by atoms with E-state index in [2.05, 4.69) is 15.0 Å². The molecule has 2 saturated heterocycles. The lowest BCUT2D eigenvalue weighted by molar-refractivity contribution is 0.160. The molecular weight excluding hydrogens is 218 g/mol. The van der Waals surface area contributed by atoms with Gasteiger partial charge in [0, 0.05) is 31.0 Å². The Morgan fingerprint density at radius 2 is 2.24 bits per heavy atom. The topological polar surface area (TPSA) is 51.4 Å². The number of hydrogen-bond acceptors (Lipinski definition) is 5. The van der Waals surface area contributed by atoms with Crippen LogP contribution in [0.15, 0.2) is 4.52 Å². The zero-order valence-corrected chi connectivity index (χ0v) is 9.89. The van der Waals surface area contributed by atoms with Crippen molar-refractivity contribution in [1.82, 2.24) is 10.1 Å². The second-order valence-electron chi connectivity index (χ2n) is 5.68. The van der Waals surface area contributed by atoms with Crippen LogP contribution in [0.5, 0.6) is 0 Å². The molecule has 0 bridgehead atoms. The highest BCUT2D eigenvalue weighted by atomic mass is 16.5. The molecule has 1 aromatic heterocycles. The maximum Gasteiger partial charge on any atom is 0.324 e. The van der Waals surface area contributed by atoms with Crippen LogP contribution in [-0.2, 0) is 4.74 Å². The van der Waals surface area contributed by atoms with Crippen molar-refractivity contribution in [2.75, 3.05) is 31.2 Å². The molecule has 0 N–H and O–H groups in total. The smallest absolute Gasteiger partial charge is 0.324 e. The zero-order chi connectivity index (χ0) is 11.3. The molecule has 4 rings (SSSR count). The quantitative estimate of drug-likeness (QED) is 0.778. The van der Waals surface area contributed by atoms with Gasteiger partial charge in [-0.15, -0.1) is 0 Å². The van der Waals surface area contributed by atoms with Crippen LogP contribution in [0, 0.1) is 5.41 Å². The zero-order valence-electron chi connectivity index (χ0n) is 9.89. The molecule has 17 heavy (non-hydrogen) atoms. The number of aromatic nitrogens is 2. The van der Waals surface area contributed by atoms with Crippen LogP contribution in [0.2, 0.25) is 0 Å². The van der Waals surface area contributed by atoms with Gasteiger partial charge in [-0.1, -0.05) is 5.16 Å². The lowest BCUT2D eigenvalue weighted by Gasteiger charge is -2.20. The molecule has 2 aliphatic heterocycles. The molecule has 0 amide bonds. The van der Waals surface area contributed by atoms with Crippen molar-refractivity contribution in [3.05, 3.63) is 5.82 Å². The van der Waals surface area contributed by atoms with Crippen LogP contribution in [-0.4, -0.2) is 36.4 Å². The summed E-state index contributed by atoms with van der Waals surface area (Å²) in [5.74, 6) is 1.47. The summed E-state index contributed by atoms with van der Waals surface area (Å²) in [4.78, 5) is 6.75. The lowest BCUT2D eigenvalue weighted by atomic mass is 9.87. The van der Waals surface area contributed by atoms with Gasteiger partial charge in [0.1, 0.15) is 0 Å². The van der Waals surface area contributed by atoms with E-state index in [0.29, 0.717) is 11.3 Å². The highest BCUT2D eigenvalue weighted by Gasteiger charge is 2.43. The maximum absolute atomic E-state index is 5.53. The van der Waals surface area contributed by atoms with Crippen LogP contribution in [0.3, 0.4) is 0 Å². The summed E-state index contributed by atoms with van der Waals surface area (Å²) in [6.45, 7) is 3.84. The molecule has 5 nitrogen and oxygen atoms in total. The molecule has 0 radical (unpaired) electrons. The average Bonchev–Trinajstić information content (AvgIpc) is 2.84. The van der Waals surface area contributed by atoms with Crippen LogP contribution >= 0.6 is 0 Å². The first-order valence-corrected chi connectivity index (χ1v) is 6.51. The Bertz CT molecular complexity index is 421. The molecule has 1 aromatic rings. The molecule has 1 unspecified atom stereocenters. The third-order valence-electron chi connectivity index (χ3n) is 4.27. The van der Waals surface area contributed by atoms with Crippen LogP contribution in [0.4, 0.5) is 6.01 Å². The Balaban J connectivity index is 1.51. The largest absolute Gasteiger partial charge is 0.381 e. The standard InChI is InChI=1S/C12H17N3O2/c1-2-9(1)10-13-11(17-14-10)15-5-3-12(7-15)4-6-16-8-12/h9H,1-8H2. The minimum atomic E-state index is 0.355. The number of ether oxygens (including phenoxy) is 1. The molecule has 1 atom stereocenters. The second kappa shape index (κ2) is 3.45. The van der Waals surface area contributed by atoms with E-state index in [9.17, 15) is 0 Å². The monoisotopic (exact) mass is 235 g/mol.